The number of likely N-dealkylation sites (N-methyl/N-ethyl adjacent to an activating group) is 1. The van der Waals surface area contributed by atoms with Gasteiger partial charge in [0, 0.05) is 50.1 Å². The number of anilines is 3. The molecule has 6 N–H and O–H groups in total. The van der Waals surface area contributed by atoms with E-state index in [-0.39, 0.29) is 48.7 Å². The van der Waals surface area contributed by atoms with Gasteiger partial charge in [0.25, 0.3) is 5.91 Å². The van der Waals surface area contributed by atoms with Gasteiger partial charge in [-0.2, -0.15) is 0 Å². The van der Waals surface area contributed by atoms with E-state index < -0.39 is 82.4 Å². The molecule has 0 radical (unpaired) electrons. The minimum atomic E-state index is -1.45. The minimum absolute atomic E-state index is 0.0187. The van der Waals surface area contributed by atoms with Crippen LogP contribution in [-0.2, 0) is 47.1 Å². The number of benzene rings is 4. The third-order valence-corrected chi connectivity index (χ3v) is 13.1. The standard InChI is InChI=1S/C51H60F3N9O6/c1-29-25-61(20-19-56-29)27-42(65)63-28-51(6,37-18-13-32(22-40(37)63)21-31-11-15-34(52)16-12-31)49(69)57-24-41(64)58-35-17-14-33-26-62(48(68)45(50(3,4)5)60-46(66)30(2)55-7)44(36(33)23-35)47(67)59-43-38(53)9-8-10-39(43)54/h8-18,22-23,29-30,44-45,55-56H,19-21,24-28H2,1-7H3,(H,57,69)(H,58,64)(H,59,67)(H,60,66)/t29-,30+,44+,45-,51-/m1/s1. The number of carbonyl (C=O) groups excluding carboxylic acids is 6. The zero-order valence-electron chi connectivity index (χ0n) is 39.9. The first-order valence-electron chi connectivity index (χ1n) is 23.0. The van der Waals surface area contributed by atoms with Crippen LogP contribution in [0.15, 0.2) is 78.9 Å². The largest absolute Gasteiger partial charge is 0.346 e. The number of amides is 6. The van der Waals surface area contributed by atoms with Gasteiger partial charge in [-0.15, -0.1) is 0 Å². The summed E-state index contributed by atoms with van der Waals surface area (Å²) in [4.78, 5) is 88.7. The van der Waals surface area contributed by atoms with Crippen molar-refractivity contribution in [1.82, 2.24) is 31.1 Å². The number of nitrogens with zero attached hydrogens (tertiary/aromatic N) is 3. The number of nitrogens with one attached hydrogen (secondary N) is 6. The number of para-hydroxylation sites is 1. The van der Waals surface area contributed by atoms with Crippen molar-refractivity contribution in [3.63, 3.8) is 0 Å². The van der Waals surface area contributed by atoms with Crippen LogP contribution in [-0.4, -0.2) is 110 Å². The fourth-order valence-electron chi connectivity index (χ4n) is 9.14. The van der Waals surface area contributed by atoms with Crippen LogP contribution in [0.2, 0.25) is 0 Å². The number of carbonyl (C=O) groups is 6. The lowest BCUT2D eigenvalue weighted by molar-refractivity contribution is -0.144. The van der Waals surface area contributed by atoms with Gasteiger partial charge in [0.1, 0.15) is 35.2 Å². The van der Waals surface area contributed by atoms with Gasteiger partial charge < -0.3 is 41.7 Å². The topological polar surface area (TPSA) is 184 Å². The molecule has 0 aromatic heterocycles. The van der Waals surface area contributed by atoms with Gasteiger partial charge in [0.15, 0.2) is 0 Å². The number of hydrogen-bond acceptors (Lipinski definition) is 9. The first-order valence-corrected chi connectivity index (χ1v) is 23.0. The molecular weight excluding hydrogens is 892 g/mol. The Kier molecular flexibility index (Phi) is 15.0. The Bertz CT molecular complexity index is 2620. The van der Waals surface area contributed by atoms with Gasteiger partial charge in [-0.25, -0.2) is 13.2 Å². The van der Waals surface area contributed by atoms with Crippen molar-refractivity contribution in [1.29, 1.82) is 0 Å². The van der Waals surface area contributed by atoms with Crippen molar-refractivity contribution in [3.05, 3.63) is 124 Å². The minimum Gasteiger partial charge on any atom is -0.346 e. The monoisotopic (exact) mass is 951 g/mol. The number of halogens is 3. The van der Waals surface area contributed by atoms with Gasteiger partial charge in [0.05, 0.1) is 24.5 Å². The maximum Gasteiger partial charge on any atom is 0.252 e. The maximum absolute atomic E-state index is 14.9. The zero-order valence-corrected chi connectivity index (χ0v) is 39.9. The van der Waals surface area contributed by atoms with Crippen LogP contribution < -0.4 is 36.8 Å². The molecule has 5 atom stereocenters. The van der Waals surface area contributed by atoms with Crippen molar-refractivity contribution in [2.24, 2.45) is 5.41 Å². The third-order valence-electron chi connectivity index (χ3n) is 13.1. The van der Waals surface area contributed by atoms with Crippen LogP contribution in [0.4, 0.5) is 30.2 Å². The van der Waals surface area contributed by atoms with Crippen molar-refractivity contribution in [3.8, 4) is 0 Å². The highest BCUT2D eigenvalue weighted by Crippen LogP contribution is 2.43. The second-order valence-corrected chi connectivity index (χ2v) is 19.5. The van der Waals surface area contributed by atoms with Gasteiger partial charge in [-0.05, 0) is 110 Å². The quantitative estimate of drug-likeness (QED) is 0.106. The molecule has 1 fully saturated rings. The Labute approximate surface area is 399 Å². The van der Waals surface area contributed by atoms with Crippen LogP contribution in [0.5, 0.6) is 0 Å². The van der Waals surface area contributed by atoms with E-state index in [1.165, 1.54) is 23.1 Å². The van der Waals surface area contributed by atoms with Crippen LogP contribution in [0.25, 0.3) is 0 Å². The van der Waals surface area contributed by atoms with Gasteiger partial charge in [-0.3, -0.25) is 33.7 Å². The zero-order chi connectivity index (χ0) is 49.9. The van der Waals surface area contributed by atoms with E-state index in [4.69, 9.17) is 0 Å². The molecule has 3 heterocycles. The summed E-state index contributed by atoms with van der Waals surface area (Å²) in [5.74, 6) is -5.74. The number of piperazine rings is 1. The average molecular weight is 952 g/mol. The molecule has 4 aromatic carbocycles. The molecule has 0 spiro atoms. The van der Waals surface area contributed by atoms with Crippen LogP contribution >= 0.6 is 0 Å². The fraction of sp³-hybridized carbons (Fsp3) is 0.412. The number of fused-ring (bicyclic) bond motifs is 2. The van der Waals surface area contributed by atoms with Crippen molar-refractivity contribution < 1.29 is 41.9 Å². The van der Waals surface area contributed by atoms with Gasteiger partial charge >= 0.3 is 0 Å². The van der Waals surface area contributed by atoms with E-state index in [0.29, 0.717) is 36.3 Å². The molecule has 366 valence electrons. The van der Waals surface area contributed by atoms with E-state index in [9.17, 15) is 41.9 Å². The molecule has 1 saturated heterocycles. The Morgan fingerprint density at radius 1 is 0.899 bits per heavy atom. The molecule has 7 rings (SSSR count). The Balaban J connectivity index is 1.10. The highest BCUT2D eigenvalue weighted by molar-refractivity contribution is 6.05. The van der Waals surface area contributed by atoms with Gasteiger partial charge in [-0.1, -0.05) is 57.2 Å². The molecule has 69 heavy (non-hydrogen) atoms. The van der Waals surface area contributed by atoms with Crippen LogP contribution in [0.1, 0.15) is 75.4 Å². The first-order chi connectivity index (χ1) is 32.7. The van der Waals surface area contributed by atoms with Crippen molar-refractivity contribution >= 4 is 52.5 Å². The normalized spacial score (nSPS) is 19.8. The summed E-state index contributed by atoms with van der Waals surface area (Å²) in [6.07, 6.45) is 0.465. The summed E-state index contributed by atoms with van der Waals surface area (Å²) in [6.45, 7) is 12.3. The third kappa shape index (κ3) is 11.1. The molecule has 0 unspecified atom stereocenters. The van der Waals surface area contributed by atoms with Crippen molar-refractivity contribution in [2.75, 3.05) is 61.8 Å². The summed E-state index contributed by atoms with van der Waals surface area (Å²) in [5.41, 5.74) is 1.06. The highest BCUT2D eigenvalue weighted by atomic mass is 19.1. The second kappa shape index (κ2) is 20.5. The summed E-state index contributed by atoms with van der Waals surface area (Å²) in [6, 6.07) is 16.5. The molecule has 18 heteroatoms. The Morgan fingerprint density at radius 3 is 2.26 bits per heavy atom. The SMILES string of the molecule is CN[C@@H](C)C(=O)N[C@H](C(=O)N1Cc2ccc(NC(=O)CNC(=O)[C@]3(C)CN(C(=O)CN4CCN[C@H](C)C4)c4cc(Cc5ccc(F)cc5)ccc43)cc2[C@H]1C(=O)Nc1c(F)cccc1F)C(C)(C)C. The number of rotatable bonds is 14. The molecule has 6 amide bonds. The second-order valence-electron chi connectivity index (χ2n) is 19.5. The fourth-order valence-corrected chi connectivity index (χ4v) is 9.14. The molecule has 3 aliphatic rings. The van der Waals surface area contributed by atoms with E-state index in [0.717, 1.165) is 35.9 Å². The molecule has 0 bridgehead atoms. The summed E-state index contributed by atoms with van der Waals surface area (Å²) < 4.78 is 43.4. The Hall–Kier alpha value is -6.63. The maximum atomic E-state index is 14.9. The first kappa shape index (κ1) is 50.3. The summed E-state index contributed by atoms with van der Waals surface area (Å²) in [5, 5.41) is 16.8. The molecule has 0 saturated carbocycles. The molecule has 0 aliphatic carbocycles. The van der Waals surface area contributed by atoms with Crippen LogP contribution in [0, 0.1) is 22.9 Å². The van der Waals surface area contributed by atoms with E-state index in [1.807, 2.05) is 18.2 Å². The van der Waals surface area contributed by atoms with E-state index in [1.54, 1.807) is 70.8 Å². The smallest absolute Gasteiger partial charge is 0.252 e. The lowest BCUT2D eigenvalue weighted by Gasteiger charge is -2.36. The van der Waals surface area contributed by atoms with E-state index in [2.05, 4.69) is 43.7 Å². The molecule has 15 nitrogen and oxygen atoms in total. The molecule has 3 aliphatic heterocycles. The van der Waals surface area contributed by atoms with Crippen molar-refractivity contribution in [2.45, 2.75) is 84.1 Å². The molecular formula is C51H60F3N9O6. The van der Waals surface area contributed by atoms with E-state index >= 15 is 0 Å². The predicted molar refractivity (Wildman–Crippen MR) is 256 cm³/mol. The Morgan fingerprint density at radius 2 is 1.59 bits per heavy atom. The van der Waals surface area contributed by atoms with Gasteiger partial charge in [0.2, 0.25) is 29.5 Å². The summed E-state index contributed by atoms with van der Waals surface area (Å²) in [7, 11) is 1.60. The average Bonchev–Trinajstić information content (AvgIpc) is 3.84. The van der Waals surface area contributed by atoms with Crippen LogP contribution in [0.3, 0.4) is 0 Å². The highest BCUT2D eigenvalue weighted by Gasteiger charge is 2.48. The lowest BCUT2D eigenvalue weighted by Crippen LogP contribution is -2.57. The molecule has 4 aromatic rings. The lowest BCUT2D eigenvalue weighted by atomic mass is 9.83. The predicted octanol–water partition coefficient (Wildman–Crippen LogP) is 4.51. The summed E-state index contributed by atoms with van der Waals surface area (Å²) >= 11 is 0. The number of hydrogen-bond donors (Lipinski definition) is 6.